The van der Waals surface area contributed by atoms with Gasteiger partial charge in [-0.3, -0.25) is 0 Å². The van der Waals surface area contributed by atoms with E-state index in [9.17, 15) is 4.39 Å². The number of aromatic hydroxyl groups is 1. The maximum Gasteiger partial charge on any atom is 0.165 e. The summed E-state index contributed by atoms with van der Waals surface area (Å²) in [6.45, 7) is 0.468. The second-order valence-electron chi connectivity index (χ2n) is 3.99. The van der Waals surface area contributed by atoms with Crippen molar-refractivity contribution in [2.45, 2.75) is 6.54 Å². The van der Waals surface area contributed by atoms with E-state index < -0.39 is 5.82 Å². The summed E-state index contributed by atoms with van der Waals surface area (Å²) in [5.74, 6) is -0.201. The standard InChI is InChI=1S/C14H13BrFNO2/c1-19-14-5-3-10(7-11(14)15)17-8-9-2-4-13(18)12(16)6-9/h2-7,17-18H,8H2,1H3. The molecule has 100 valence electrons. The number of benzene rings is 2. The summed E-state index contributed by atoms with van der Waals surface area (Å²) in [6, 6.07) is 9.92. The van der Waals surface area contributed by atoms with Crippen LogP contribution in [0.2, 0.25) is 0 Å². The number of phenolic OH excluding ortho intramolecular Hbond substituents is 1. The zero-order valence-electron chi connectivity index (χ0n) is 10.3. The number of methoxy groups -OCH3 is 1. The Hall–Kier alpha value is -1.75. The summed E-state index contributed by atoms with van der Waals surface area (Å²) in [7, 11) is 1.60. The predicted octanol–water partition coefficient (Wildman–Crippen LogP) is 3.91. The Kier molecular flexibility index (Phi) is 4.27. The number of hydrogen-bond donors (Lipinski definition) is 2. The van der Waals surface area contributed by atoms with E-state index in [-0.39, 0.29) is 5.75 Å². The highest BCUT2D eigenvalue weighted by molar-refractivity contribution is 9.10. The van der Waals surface area contributed by atoms with Gasteiger partial charge in [-0.2, -0.15) is 0 Å². The second-order valence-corrected chi connectivity index (χ2v) is 4.84. The van der Waals surface area contributed by atoms with Crippen LogP contribution in [0.3, 0.4) is 0 Å². The predicted molar refractivity (Wildman–Crippen MR) is 76.1 cm³/mol. The summed E-state index contributed by atoms with van der Waals surface area (Å²) in [4.78, 5) is 0. The van der Waals surface area contributed by atoms with Gasteiger partial charge < -0.3 is 15.2 Å². The highest BCUT2D eigenvalue weighted by Crippen LogP contribution is 2.28. The molecule has 0 aliphatic carbocycles. The molecule has 0 atom stereocenters. The highest BCUT2D eigenvalue weighted by Gasteiger charge is 2.03. The largest absolute Gasteiger partial charge is 0.505 e. The Morgan fingerprint density at radius 1 is 1.26 bits per heavy atom. The molecular weight excluding hydrogens is 313 g/mol. The number of phenols is 1. The summed E-state index contributed by atoms with van der Waals surface area (Å²) in [5, 5.41) is 12.3. The van der Waals surface area contributed by atoms with Gasteiger partial charge in [0, 0.05) is 12.2 Å². The monoisotopic (exact) mass is 325 g/mol. The molecule has 0 saturated carbocycles. The molecule has 2 N–H and O–H groups in total. The van der Waals surface area contributed by atoms with Crippen molar-refractivity contribution in [3.8, 4) is 11.5 Å². The lowest BCUT2D eigenvalue weighted by Gasteiger charge is -2.09. The van der Waals surface area contributed by atoms with E-state index in [4.69, 9.17) is 9.84 Å². The molecular formula is C14H13BrFNO2. The summed E-state index contributed by atoms with van der Waals surface area (Å²) >= 11 is 3.40. The summed E-state index contributed by atoms with van der Waals surface area (Å²) < 4.78 is 19.1. The first-order valence-electron chi connectivity index (χ1n) is 5.65. The molecule has 0 bridgehead atoms. The van der Waals surface area contributed by atoms with Crippen LogP contribution in [0.5, 0.6) is 11.5 Å². The topological polar surface area (TPSA) is 41.5 Å². The fourth-order valence-electron chi connectivity index (χ4n) is 1.64. The van der Waals surface area contributed by atoms with Crippen molar-refractivity contribution >= 4 is 21.6 Å². The molecule has 0 heterocycles. The molecule has 0 aliphatic rings. The van der Waals surface area contributed by atoms with Crippen LogP contribution < -0.4 is 10.1 Å². The van der Waals surface area contributed by atoms with Gasteiger partial charge in [0.2, 0.25) is 0 Å². The van der Waals surface area contributed by atoms with Crippen LogP contribution in [0.15, 0.2) is 40.9 Å². The van der Waals surface area contributed by atoms with Crippen molar-refractivity contribution in [2.24, 2.45) is 0 Å². The van der Waals surface area contributed by atoms with Gasteiger partial charge >= 0.3 is 0 Å². The maximum absolute atomic E-state index is 13.2. The van der Waals surface area contributed by atoms with E-state index >= 15 is 0 Å². The van der Waals surface area contributed by atoms with Gasteiger partial charge in [0.1, 0.15) is 5.75 Å². The molecule has 0 fully saturated rings. The van der Waals surface area contributed by atoms with Crippen LogP contribution in [-0.4, -0.2) is 12.2 Å². The van der Waals surface area contributed by atoms with E-state index in [2.05, 4.69) is 21.2 Å². The Bertz CT molecular complexity index is 590. The van der Waals surface area contributed by atoms with Crippen molar-refractivity contribution in [1.29, 1.82) is 0 Å². The van der Waals surface area contributed by atoms with E-state index in [1.165, 1.54) is 12.1 Å². The lowest BCUT2D eigenvalue weighted by atomic mass is 10.2. The van der Waals surface area contributed by atoms with Crippen LogP contribution in [0.1, 0.15) is 5.56 Å². The fraction of sp³-hybridized carbons (Fsp3) is 0.143. The van der Waals surface area contributed by atoms with E-state index in [0.29, 0.717) is 6.54 Å². The molecule has 2 aromatic carbocycles. The van der Waals surface area contributed by atoms with Gasteiger partial charge in [-0.05, 0) is 51.8 Å². The Labute approximate surface area is 119 Å². The van der Waals surface area contributed by atoms with Crippen molar-refractivity contribution in [3.63, 3.8) is 0 Å². The Morgan fingerprint density at radius 2 is 2.05 bits per heavy atom. The van der Waals surface area contributed by atoms with Gasteiger partial charge in [-0.25, -0.2) is 4.39 Å². The van der Waals surface area contributed by atoms with Gasteiger partial charge in [-0.15, -0.1) is 0 Å². The first kappa shape index (κ1) is 13.7. The van der Waals surface area contributed by atoms with E-state index in [1.54, 1.807) is 13.2 Å². The third kappa shape index (κ3) is 3.38. The molecule has 2 rings (SSSR count). The fourth-order valence-corrected chi connectivity index (χ4v) is 2.18. The molecule has 0 saturated heterocycles. The summed E-state index contributed by atoms with van der Waals surface area (Å²) in [5.41, 5.74) is 1.64. The third-order valence-electron chi connectivity index (χ3n) is 2.66. The van der Waals surface area contributed by atoms with Crippen LogP contribution in [0.4, 0.5) is 10.1 Å². The minimum atomic E-state index is -0.616. The zero-order valence-corrected chi connectivity index (χ0v) is 11.9. The van der Waals surface area contributed by atoms with Crippen LogP contribution in [0, 0.1) is 5.82 Å². The zero-order chi connectivity index (χ0) is 13.8. The SMILES string of the molecule is COc1ccc(NCc2ccc(O)c(F)c2)cc1Br. The third-order valence-corrected chi connectivity index (χ3v) is 3.28. The minimum Gasteiger partial charge on any atom is -0.505 e. The number of anilines is 1. The van der Waals surface area contributed by atoms with Crippen LogP contribution in [0.25, 0.3) is 0 Å². The van der Waals surface area contributed by atoms with Crippen molar-refractivity contribution in [2.75, 3.05) is 12.4 Å². The van der Waals surface area contributed by atoms with Gasteiger partial charge in [-0.1, -0.05) is 6.07 Å². The molecule has 0 aliphatic heterocycles. The van der Waals surface area contributed by atoms with Crippen molar-refractivity contribution in [1.82, 2.24) is 0 Å². The molecule has 0 spiro atoms. The van der Waals surface area contributed by atoms with Gasteiger partial charge in [0.15, 0.2) is 11.6 Å². The van der Waals surface area contributed by atoms with E-state index in [1.807, 2.05) is 18.2 Å². The van der Waals surface area contributed by atoms with Crippen LogP contribution in [-0.2, 0) is 6.54 Å². The molecule has 2 aromatic rings. The number of hydrogen-bond acceptors (Lipinski definition) is 3. The molecule has 0 radical (unpaired) electrons. The number of rotatable bonds is 4. The lowest BCUT2D eigenvalue weighted by Crippen LogP contribution is -2.00. The molecule has 3 nitrogen and oxygen atoms in total. The smallest absolute Gasteiger partial charge is 0.165 e. The first-order chi connectivity index (χ1) is 9.10. The number of nitrogens with one attached hydrogen (secondary N) is 1. The van der Waals surface area contributed by atoms with E-state index in [0.717, 1.165) is 21.5 Å². The number of halogens is 2. The quantitative estimate of drug-likeness (QED) is 0.895. The molecule has 0 aromatic heterocycles. The molecule has 19 heavy (non-hydrogen) atoms. The number of ether oxygens (including phenoxy) is 1. The summed E-state index contributed by atoms with van der Waals surface area (Å²) in [6.07, 6.45) is 0. The normalized spacial score (nSPS) is 10.3. The highest BCUT2D eigenvalue weighted by atomic mass is 79.9. The van der Waals surface area contributed by atoms with Gasteiger partial charge in [0.05, 0.1) is 11.6 Å². The molecule has 5 heteroatoms. The lowest BCUT2D eigenvalue weighted by molar-refractivity contribution is 0.412. The minimum absolute atomic E-state index is 0.337. The average Bonchev–Trinajstić information content (AvgIpc) is 2.40. The maximum atomic E-state index is 13.2. The average molecular weight is 326 g/mol. The van der Waals surface area contributed by atoms with Crippen LogP contribution >= 0.6 is 15.9 Å². The van der Waals surface area contributed by atoms with Crippen molar-refractivity contribution < 1.29 is 14.2 Å². The Morgan fingerprint density at radius 3 is 2.68 bits per heavy atom. The Balaban J connectivity index is 2.05. The van der Waals surface area contributed by atoms with Gasteiger partial charge in [0.25, 0.3) is 0 Å². The molecule has 0 amide bonds. The molecule has 0 unspecified atom stereocenters. The second kappa shape index (κ2) is 5.93. The van der Waals surface area contributed by atoms with Crippen molar-refractivity contribution in [3.05, 3.63) is 52.3 Å². The first-order valence-corrected chi connectivity index (χ1v) is 6.44.